The molecule has 0 saturated heterocycles. The van der Waals surface area contributed by atoms with Gasteiger partial charge in [0.1, 0.15) is 16.5 Å². The third-order valence-electron chi connectivity index (χ3n) is 3.37. The summed E-state index contributed by atoms with van der Waals surface area (Å²) in [5, 5.41) is -7.50. The number of benzene rings is 1. The maximum absolute atomic E-state index is 13.7. The van der Waals surface area contributed by atoms with Crippen molar-refractivity contribution in [2.45, 2.75) is 40.3 Å². The first-order valence-electron chi connectivity index (χ1n) is 6.47. The fourth-order valence-electron chi connectivity index (χ4n) is 1.72. The van der Waals surface area contributed by atoms with E-state index in [9.17, 15) is 69.9 Å². The molecule has 0 radical (unpaired) electrons. The van der Waals surface area contributed by atoms with Crippen molar-refractivity contribution < 1.29 is 69.9 Å². The average molecular weight is 478 g/mol. The predicted octanol–water partition coefficient (Wildman–Crippen LogP) is 5.14. The molecule has 0 unspecified atom stereocenters. The van der Waals surface area contributed by atoms with E-state index in [0.29, 0.717) is 0 Å². The van der Waals surface area contributed by atoms with Crippen LogP contribution in [-0.2, 0) is 9.84 Å². The summed E-state index contributed by atoms with van der Waals surface area (Å²) in [7, 11) is -7.50. The Hall–Kier alpha value is -1.81. The van der Waals surface area contributed by atoms with Gasteiger partial charge in [0.2, 0.25) is 0 Å². The first kappa shape index (κ1) is 25.2. The highest BCUT2D eigenvalue weighted by molar-refractivity contribution is 7.92. The molecule has 0 fully saturated rings. The molecule has 1 aromatic carbocycles. The maximum atomic E-state index is 13.7. The first-order chi connectivity index (χ1) is 12.6. The normalized spacial score (nSPS) is 15.1. The summed E-state index contributed by atoms with van der Waals surface area (Å²) in [6.45, 7) is 0. The lowest BCUT2D eigenvalue weighted by Gasteiger charge is -2.38. The lowest BCUT2D eigenvalue weighted by molar-refractivity contribution is -0.402. The highest BCUT2D eigenvalue weighted by atomic mass is 32.2. The lowest BCUT2D eigenvalue weighted by atomic mass is 9.99. The zero-order chi connectivity index (χ0) is 23.4. The van der Waals surface area contributed by atoms with Crippen LogP contribution in [0, 0.1) is 11.6 Å². The van der Waals surface area contributed by atoms with E-state index in [0.717, 1.165) is 0 Å². The summed E-state index contributed by atoms with van der Waals surface area (Å²) in [5.41, 5.74) is 0. The van der Waals surface area contributed by atoms with Crippen LogP contribution in [0.3, 0.4) is 0 Å². The minimum atomic E-state index is -8.12. The second-order valence-electron chi connectivity index (χ2n) is 5.24. The molecule has 168 valence electrons. The SMILES string of the molecule is O=S(=O)(c1cc(F)ccc1F)C(F)(F)C(F)(F)C(F)(F)C(F)(F)C(F)(F)C(F)F. The summed E-state index contributed by atoms with van der Waals surface area (Å²) in [4.78, 5) is -2.72. The second-order valence-corrected chi connectivity index (χ2v) is 7.20. The number of alkyl halides is 12. The number of sulfone groups is 1. The minimum Gasteiger partial charge on any atom is -0.217 e. The highest BCUT2D eigenvalue weighted by Gasteiger charge is 2.90. The Bertz CT molecular complexity index is 877. The monoisotopic (exact) mass is 478 g/mol. The van der Waals surface area contributed by atoms with E-state index in [1.165, 1.54) is 0 Å². The largest absolute Gasteiger partial charge is 0.418 e. The van der Waals surface area contributed by atoms with Crippen molar-refractivity contribution in [2.75, 3.05) is 0 Å². The van der Waals surface area contributed by atoms with Crippen LogP contribution in [0.4, 0.5) is 61.5 Å². The topological polar surface area (TPSA) is 34.1 Å². The molecule has 0 atom stereocenters. The molecule has 2 nitrogen and oxygen atoms in total. The maximum Gasteiger partial charge on any atom is 0.418 e. The minimum absolute atomic E-state index is 0.0522. The molecule has 0 amide bonds. The first-order valence-corrected chi connectivity index (χ1v) is 7.96. The van der Waals surface area contributed by atoms with E-state index in [2.05, 4.69) is 0 Å². The Kier molecular flexibility index (Phi) is 5.97. The predicted molar refractivity (Wildman–Crippen MR) is 64.3 cm³/mol. The summed E-state index contributed by atoms with van der Waals surface area (Å²) >= 11 is 0. The molecule has 0 aliphatic heterocycles. The lowest BCUT2D eigenvalue weighted by Crippen LogP contribution is -2.69. The summed E-state index contributed by atoms with van der Waals surface area (Å²) in [6, 6.07) is -0.927. The zero-order valence-electron chi connectivity index (χ0n) is 12.8. The molecule has 17 heteroatoms. The van der Waals surface area contributed by atoms with Crippen molar-refractivity contribution in [1.29, 1.82) is 0 Å². The molecular formula is C12H4F14O2S. The molecule has 0 spiro atoms. The van der Waals surface area contributed by atoms with Crippen LogP contribution >= 0.6 is 0 Å². The third kappa shape index (κ3) is 3.30. The average Bonchev–Trinajstić information content (AvgIpc) is 2.55. The van der Waals surface area contributed by atoms with Gasteiger partial charge in [-0.15, -0.1) is 0 Å². The van der Waals surface area contributed by atoms with Gasteiger partial charge >= 0.3 is 35.4 Å². The molecule has 0 saturated carbocycles. The molecule has 0 aliphatic rings. The standard InChI is InChI=1S/C12H4F14O2S/c13-4-1-2-5(14)6(3-4)29(27,28)12(25,26)11(23,24)10(21,22)9(19,20)8(17,18)7(15)16/h1-3,7H. The molecule has 0 heterocycles. The fourth-order valence-corrected chi connectivity index (χ4v) is 3.05. The van der Waals surface area contributed by atoms with Crippen molar-refractivity contribution in [3.8, 4) is 0 Å². The van der Waals surface area contributed by atoms with Gasteiger partial charge < -0.3 is 0 Å². The van der Waals surface area contributed by atoms with Crippen molar-refractivity contribution >= 4 is 9.84 Å². The molecule has 0 N–H and O–H groups in total. The van der Waals surface area contributed by atoms with Gasteiger partial charge in [0.25, 0.3) is 9.84 Å². The van der Waals surface area contributed by atoms with Gasteiger partial charge in [0.05, 0.1) is 0 Å². The van der Waals surface area contributed by atoms with Gasteiger partial charge in [-0.3, -0.25) is 0 Å². The van der Waals surface area contributed by atoms with E-state index in [1.807, 2.05) is 0 Å². The van der Waals surface area contributed by atoms with Crippen LogP contribution in [0.25, 0.3) is 0 Å². The van der Waals surface area contributed by atoms with Gasteiger partial charge in [0.15, 0.2) is 0 Å². The van der Waals surface area contributed by atoms with Crippen molar-refractivity contribution in [3.05, 3.63) is 29.8 Å². The van der Waals surface area contributed by atoms with Gasteiger partial charge in [-0.05, 0) is 18.2 Å². The van der Waals surface area contributed by atoms with Crippen molar-refractivity contribution in [1.82, 2.24) is 0 Å². The molecule has 0 aromatic heterocycles. The summed E-state index contributed by atoms with van der Waals surface area (Å²) in [5.74, 6) is -35.7. The van der Waals surface area contributed by atoms with Crippen LogP contribution < -0.4 is 0 Å². The van der Waals surface area contributed by atoms with E-state index >= 15 is 0 Å². The number of halogens is 14. The van der Waals surface area contributed by atoms with E-state index in [1.54, 1.807) is 0 Å². The Morgan fingerprint density at radius 1 is 0.724 bits per heavy atom. The van der Waals surface area contributed by atoms with Crippen LogP contribution in [0.1, 0.15) is 0 Å². The number of hydrogen-bond acceptors (Lipinski definition) is 2. The second kappa shape index (κ2) is 6.87. The van der Waals surface area contributed by atoms with Crippen LogP contribution in [-0.4, -0.2) is 43.8 Å². The Morgan fingerprint density at radius 3 is 1.59 bits per heavy atom. The van der Waals surface area contributed by atoms with Crippen LogP contribution in [0.2, 0.25) is 0 Å². The van der Waals surface area contributed by atoms with E-state index in [4.69, 9.17) is 0 Å². The Labute approximate surface area is 151 Å². The van der Waals surface area contributed by atoms with Crippen LogP contribution in [0.15, 0.2) is 23.1 Å². The Morgan fingerprint density at radius 2 is 1.17 bits per heavy atom. The number of hydrogen-bond donors (Lipinski definition) is 0. The van der Waals surface area contributed by atoms with Gasteiger partial charge in [0, 0.05) is 0 Å². The molecule has 0 aliphatic carbocycles. The van der Waals surface area contributed by atoms with E-state index in [-0.39, 0.29) is 12.1 Å². The third-order valence-corrected chi connectivity index (χ3v) is 5.19. The molecule has 29 heavy (non-hydrogen) atoms. The Balaban J connectivity index is 3.74. The molecular weight excluding hydrogens is 474 g/mol. The highest BCUT2D eigenvalue weighted by Crippen LogP contribution is 2.59. The van der Waals surface area contributed by atoms with Gasteiger partial charge in [-0.1, -0.05) is 0 Å². The van der Waals surface area contributed by atoms with Gasteiger partial charge in [-0.25, -0.2) is 26.0 Å². The van der Waals surface area contributed by atoms with Gasteiger partial charge in [-0.2, -0.15) is 43.9 Å². The summed E-state index contributed by atoms with van der Waals surface area (Å²) < 4.78 is 206. The molecule has 0 bridgehead atoms. The quantitative estimate of drug-likeness (QED) is 0.509. The number of rotatable bonds is 7. The van der Waals surface area contributed by atoms with E-state index < -0.39 is 67.8 Å². The fraction of sp³-hybridized carbons (Fsp3) is 0.500. The summed E-state index contributed by atoms with van der Waals surface area (Å²) in [6.07, 6.45) is -5.77. The van der Waals surface area contributed by atoms with Crippen LogP contribution in [0.5, 0.6) is 0 Å². The van der Waals surface area contributed by atoms with Crippen molar-refractivity contribution in [2.24, 2.45) is 0 Å². The smallest absolute Gasteiger partial charge is 0.217 e. The zero-order valence-corrected chi connectivity index (χ0v) is 13.6. The van der Waals surface area contributed by atoms with Crippen molar-refractivity contribution in [3.63, 3.8) is 0 Å². The molecule has 1 aromatic rings. The molecule has 1 rings (SSSR count).